The van der Waals surface area contributed by atoms with E-state index in [0.717, 1.165) is 10.8 Å². The van der Waals surface area contributed by atoms with Gasteiger partial charge < -0.3 is 9.63 Å². The van der Waals surface area contributed by atoms with Gasteiger partial charge in [-0.05, 0) is 18.4 Å². The van der Waals surface area contributed by atoms with E-state index in [1.54, 1.807) is 12.1 Å². The minimum Gasteiger partial charge on any atom is -0.480 e. The van der Waals surface area contributed by atoms with Crippen molar-refractivity contribution in [1.29, 1.82) is 0 Å². The minimum absolute atomic E-state index is 0.339. The number of carbonyl (C=O) groups is 1. The molecule has 1 unspecified atom stereocenters. The zero-order valence-corrected chi connectivity index (χ0v) is 12.3. The van der Waals surface area contributed by atoms with Gasteiger partial charge in [-0.3, -0.25) is 4.79 Å². The predicted molar refractivity (Wildman–Crippen MR) is 78.3 cm³/mol. The highest BCUT2D eigenvalue weighted by Gasteiger charge is 2.27. The van der Waals surface area contributed by atoms with Gasteiger partial charge in [0.15, 0.2) is 0 Å². The van der Waals surface area contributed by atoms with Crippen molar-refractivity contribution in [2.75, 3.05) is 0 Å². The van der Waals surface area contributed by atoms with Gasteiger partial charge in [-0.25, -0.2) is 9.65 Å². The van der Waals surface area contributed by atoms with Crippen LogP contribution in [0.2, 0.25) is 0 Å². The summed E-state index contributed by atoms with van der Waals surface area (Å²) < 4.78 is 17.4. The zero-order chi connectivity index (χ0) is 14.8. The van der Waals surface area contributed by atoms with Gasteiger partial charge in [-0.1, -0.05) is 36.4 Å². The fourth-order valence-electron chi connectivity index (χ4n) is 1.71. The molecule has 2 aromatic carbocycles. The van der Waals surface area contributed by atoms with E-state index >= 15 is 0 Å². The van der Waals surface area contributed by atoms with Gasteiger partial charge in [0.2, 0.25) is 0 Å². The van der Waals surface area contributed by atoms with Crippen LogP contribution in [-0.4, -0.2) is 17.1 Å². The Hall–Kier alpha value is -1.55. The molecular weight excluding hydrogens is 301 g/mol. The molecule has 0 heterocycles. The van der Waals surface area contributed by atoms with Crippen molar-refractivity contribution < 1.29 is 19.0 Å². The molecular formula is C13H13ClNO4P. The molecule has 0 aliphatic heterocycles. The molecule has 0 amide bonds. The summed E-state index contributed by atoms with van der Waals surface area (Å²) in [6.45, 7) is -2.45. The first-order valence-electron chi connectivity index (χ1n) is 5.87. The monoisotopic (exact) mass is 313 g/mol. The van der Waals surface area contributed by atoms with Gasteiger partial charge in [0.1, 0.15) is 11.8 Å². The first-order chi connectivity index (χ1) is 9.39. The van der Waals surface area contributed by atoms with Crippen LogP contribution in [0, 0.1) is 0 Å². The molecule has 0 aromatic heterocycles. The largest absolute Gasteiger partial charge is 0.480 e. The molecule has 106 valence electrons. The molecule has 0 radical (unpaired) electrons. The molecule has 7 heteroatoms. The molecule has 2 atom stereocenters. The number of hydrogen-bond acceptors (Lipinski definition) is 3. The maximum atomic E-state index is 12.1. The quantitative estimate of drug-likeness (QED) is 0.824. The summed E-state index contributed by atoms with van der Waals surface area (Å²) in [5, 5.41) is 12.7. The van der Waals surface area contributed by atoms with E-state index in [0.29, 0.717) is 5.75 Å². The first kappa shape index (κ1) is 14.9. The third-order valence-corrected chi connectivity index (χ3v) is 4.31. The van der Waals surface area contributed by atoms with E-state index in [1.807, 2.05) is 30.3 Å². The molecule has 0 saturated heterocycles. The van der Waals surface area contributed by atoms with Crippen molar-refractivity contribution in [2.24, 2.45) is 0 Å². The maximum Gasteiger partial charge on any atom is 0.409 e. The molecule has 0 fully saturated rings. The summed E-state index contributed by atoms with van der Waals surface area (Å²) in [6, 6.07) is 11.6. The van der Waals surface area contributed by atoms with Crippen LogP contribution in [0.15, 0.2) is 42.5 Å². The van der Waals surface area contributed by atoms with Crippen LogP contribution >= 0.6 is 18.1 Å². The van der Waals surface area contributed by atoms with Gasteiger partial charge in [0.05, 0.1) is 0 Å². The Bertz CT molecular complexity index is 686. The van der Waals surface area contributed by atoms with Crippen molar-refractivity contribution in [2.45, 2.75) is 13.0 Å². The molecule has 0 aliphatic carbocycles. The lowest BCUT2D eigenvalue weighted by Crippen LogP contribution is -2.31. The second-order valence-electron chi connectivity index (χ2n) is 4.24. The highest BCUT2D eigenvalue weighted by molar-refractivity contribution is 7.84. The second-order valence-corrected chi connectivity index (χ2v) is 6.97. The number of halogens is 1. The van der Waals surface area contributed by atoms with Gasteiger partial charge in [-0.2, -0.15) is 0 Å². The molecule has 2 rings (SSSR count). The average molecular weight is 314 g/mol. The Morgan fingerprint density at radius 3 is 2.65 bits per heavy atom. The number of rotatable bonds is 5. The molecule has 2 N–H and O–H groups in total. The average Bonchev–Trinajstić information content (AvgIpc) is 2.38. The lowest BCUT2D eigenvalue weighted by molar-refractivity contribution is -0.138. The molecule has 5 nitrogen and oxygen atoms in total. The Morgan fingerprint density at radius 2 is 1.95 bits per heavy atom. The molecule has 0 saturated carbocycles. The number of fused-ring (bicyclic) bond motifs is 1. The smallest absolute Gasteiger partial charge is 0.409 e. The topological polar surface area (TPSA) is 75.6 Å². The standard InChI is InChI=1S/C13H13ClNO4P/c1-9(13(16)17)15-20(14,18)19-12-8-4-6-10-5-2-3-7-11(10)12/h2-9H,1H3,(H,15,18)(H,16,17)/t9-,20?/m0/s1. The maximum absolute atomic E-state index is 12.1. The molecule has 20 heavy (non-hydrogen) atoms. The van der Waals surface area contributed by atoms with Crippen molar-refractivity contribution >= 4 is 34.9 Å². The fourth-order valence-corrected chi connectivity index (χ4v) is 3.41. The molecule has 0 spiro atoms. The minimum atomic E-state index is -3.79. The summed E-state index contributed by atoms with van der Waals surface area (Å²) in [5.74, 6) is -0.820. The lowest BCUT2D eigenvalue weighted by Gasteiger charge is -2.17. The van der Waals surface area contributed by atoms with Crippen LogP contribution in [0.1, 0.15) is 6.92 Å². The molecule has 2 aromatic rings. The van der Waals surface area contributed by atoms with Crippen LogP contribution < -0.4 is 9.61 Å². The van der Waals surface area contributed by atoms with Crippen LogP contribution in [-0.2, 0) is 9.36 Å². The van der Waals surface area contributed by atoms with Crippen LogP contribution in [0.5, 0.6) is 5.75 Å². The summed E-state index contributed by atoms with van der Waals surface area (Å²) >= 11 is 5.77. The normalized spacial score (nSPS) is 15.5. The van der Waals surface area contributed by atoms with Crippen molar-refractivity contribution in [3.05, 3.63) is 42.5 Å². The number of benzene rings is 2. The Kier molecular flexibility index (Phi) is 4.33. The van der Waals surface area contributed by atoms with Crippen molar-refractivity contribution in [3.63, 3.8) is 0 Å². The van der Waals surface area contributed by atoms with E-state index in [4.69, 9.17) is 20.9 Å². The predicted octanol–water partition coefficient (Wildman–Crippen LogP) is 3.63. The van der Waals surface area contributed by atoms with E-state index in [1.165, 1.54) is 6.92 Å². The number of carboxylic acid groups (broad SMARTS) is 1. The van der Waals surface area contributed by atoms with Gasteiger partial charge in [-0.15, -0.1) is 0 Å². The SMILES string of the molecule is C[C@H](NP(=O)(Cl)Oc1cccc2ccccc12)C(=O)O. The highest BCUT2D eigenvalue weighted by atomic mass is 35.7. The summed E-state index contributed by atoms with van der Waals surface area (Å²) in [4.78, 5) is 10.7. The second kappa shape index (κ2) is 5.83. The Morgan fingerprint density at radius 1 is 1.30 bits per heavy atom. The van der Waals surface area contributed by atoms with Crippen molar-refractivity contribution in [1.82, 2.24) is 5.09 Å². The number of nitrogens with one attached hydrogen (secondary N) is 1. The zero-order valence-electron chi connectivity index (χ0n) is 10.6. The van der Waals surface area contributed by atoms with Crippen molar-refractivity contribution in [3.8, 4) is 5.75 Å². The van der Waals surface area contributed by atoms with Gasteiger partial charge in [0, 0.05) is 16.6 Å². The lowest BCUT2D eigenvalue weighted by atomic mass is 10.1. The van der Waals surface area contributed by atoms with E-state index in [-0.39, 0.29) is 0 Å². The van der Waals surface area contributed by atoms with Gasteiger partial charge in [0.25, 0.3) is 0 Å². The Balaban J connectivity index is 2.27. The Labute approximate surface area is 120 Å². The fraction of sp³-hybridized carbons (Fsp3) is 0.154. The third kappa shape index (κ3) is 3.51. The third-order valence-electron chi connectivity index (χ3n) is 2.68. The van der Waals surface area contributed by atoms with Gasteiger partial charge >= 0.3 is 12.8 Å². The van der Waals surface area contributed by atoms with Crippen LogP contribution in [0.25, 0.3) is 10.8 Å². The molecule has 0 bridgehead atoms. The number of carboxylic acids is 1. The van der Waals surface area contributed by atoms with E-state index in [2.05, 4.69) is 5.09 Å². The summed E-state index contributed by atoms with van der Waals surface area (Å²) in [7, 11) is 0. The highest BCUT2D eigenvalue weighted by Crippen LogP contribution is 2.49. The molecule has 0 aliphatic rings. The summed E-state index contributed by atoms with van der Waals surface area (Å²) in [5.41, 5.74) is 0. The number of hydrogen-bond donors (Lipinski definition) is 2. The first-order valence-corrected chi connectivity index (χ1v) is 8.40. The summed E-state index contributed by atoms with van der Waals surface area (Å²) in [6.07, 6.45) is 0. The van der Waals surface area contributed by atoms with E-state index < -0.39 is 18.9 Å². The van der Waals surface area contributed by atoms with E-state index in [9.17, 15) is 9.36 Å². The van der Waals surface area contributed by atoms with Crippen LogP contribution in [0.3, 0.4) is 0 Å². The van der Waals surface area contributed by atoms with Crippen LogP contribution in [0.4, 0.5) is 0 Å². The number of aliphatic carboxylic acids is 1.